The van der Waals surface area contributed by atoms with E-state index in [0.29, 0.717) is 17.2 Å². The molecule has 82 valence electrons. The average molecular weight is 228 g/mol. The van der Waals surface area contributed by atoms with Gasteiger partial charge in [-0.25, -0.2) is 0 Å². The maximum Gasteiger partial charge on any atom is 0.179 e. The zero-order valence-electron chi connectivity index (χ0n) is 8.59. The third-order valence-electron chi connectivity index (χ3n) is 2.81. The molecule has 1 aromatic rings. The predicted octanol–water partition coefficient (Wildman–Crippen LogP) is 2.09. The smallest absolute Gasteiger partial charge is 0.179 e. The molecule has 0 radical (unpaired) electrons. The van der Waals surface area contributed by atoms with E-state index in [1.54, 1.807) is 12.1 Å². The second-order valence-electron chi connectivity index (χ2n) is 4.13. The van der Waals surface area contributed by atoms with Crippen molar-refractivity contribution in [2.24, 2.45) is 5.73 Å². The molecule has 15 heavy (non-hydrogen) atoms. The fraction of sp³-hybridized carbons (Fsp3) is 0.455. The van der Waals surface area contributed by atoms with Gasteiger partial charge in [-0.1, -0.05) is 17.7 Å². The summed E-state index contributed by atoms with van der Waals surface area (Å²) in [6.45, 7) is 0. The number of ether oxygens (including phenoxy) is 1. The minimum absolute atomic E-state index is 0.113. The lowest BCUT2D eigenvalue weighted by molar-refractivity contribution is 0.369. The Morgan fingerprint density at radius 1 is 1.53 bits per heavy atom. The Balaban J connectivity index is 2.31. The third-order valence-corrected chi connectivity index (χ3v) is 3.10. The van der Waals surface area contributed by atoms with E-state index in [1.165, 1.54) is 7.11 Å². The van der Waals surface area contributed by atoms with Gasteiger partial charge in [0, 0.05) is 5.54 Å². The highest BCUT2D eigenvalue weighted by molar-refractivity contribution is 6.32. The number of aromatic hydroxyl groups is 1. The molecule has 2 rings (SSSR count). The van der Waals surface area contributed by atoms with Gasteiger partial charge >= 0.3 is 0 Å². The normalized spacial score (nSPS) is 17.5. The number of rotatable bonds is 3. The standard InChI is InChI=1S/C11H14ClNO2/c1-15-10-8(12)3-2-7(9(10)14)6-11(13)4-5-11/h2-3,14H,4-6,13H2,1H3. The highest BCUT2D eigenvalue weighted by Gasteiger charge is 2.38. The molecule has 3 nitrogen and oxygen atoms in total. The summed E-state index contributed by atoms with van der Waals surface area (Å²) in [6.07, 6.45) is 2.70. The van der Waals surface area contributed by atoms with Crippen LogP contribution in [0.1, 0.15) is 18.4 Å². The number of halogens is 1. The summed E-state index contributed by atoms with van der Waals surface area (Å²) in [5.74, 6) is 0.445. The predicted molar refractivity (Wildman–Crippen MR) is 59.5 cm³/mol. The van der Waals surface area contributed by atoms with Crippen LogP contribution >= 0.6 is 11.6 Å². The van der Waals surface area contributed by atoms with Gasteiger partial charge in [-0.3, -0.25) is 0 Å². The van der Waals surface area contributed by atoms with E-state index in [0.717, 1.165) is 18.4 Å². The van der Waals surface area contributed by atoms with Crippen LogP contribution in [0.4, 0.5) is 0 Å². The van der Waals surface area contributed by atoms with E-state index in [1.807, 2.05) is 0 Å². The summed E-state index contributed by atoms with van der Waals surface area (Å²) < 4.78 is 5.03. The van der Waals surface area contributed by atoms with Crippen LogP contribution in [-0.2, 0) is 6.42 Å². The molecule has 3 N–H and O–H groups in total. The van der Waals surface area contributed by atoms with E-state index in [4.69, 9.17) is 22.1 Å². The SMILES string of the molecule is COc1c(Cl)ccc(CC2(N)CC2)c1O. The minimum Gasteiger partial charge on any atom is -0.504 e. The summed E-state index contributed by atoms with van der Waals surface area (Å²) in [6, 6.07) is 3.52. The van der Waals surface area contributed by atoms with Gasteiger partial charge < -0.3 is 15.6 Å². The maximum atomic E-state index is 9.90. The Hall–Kier alpha value is -0.930. The first-order valence-corrected chi connectivity index (χ1v) is 5.27. The summed E-state index contributed by atoms with van der Waals surface area (Å²) in [5.41, 5.74) is 6.67. The first-order chi connectivity index (χ1) is 7.06. The number of phenolic OH excluding ortho intramolecular Hbond substituents is 1. The second-order valence-corrected chi connectivity index (χ2v) is 4.53. The molecule has 0 amide bonds. The van der Waals surface area contributed by atoms with Crippen LogP contribution in [0.25, 0.3) is 0 Å². The monoisotopic (exact) mass is 227 g/mol. The zero-order chi connectivity index (χ0) is 11.1. The van der Waals surface area contributed by atoms with Crippen LogP contribution in [0.2, 0.25) is 5.02 Å². The number of methoxy groups -OCH3 is 1. The largest absolute Gasteiger partial charge is 0.504 e. The van der Waals surface area contributed by atoms with Crippen LogP contribution in [0.15, 0.2) is 12.1 Å². The molecule has 1 fully saturated rings. The van der Waals surface area contributed by atoms with Crippen molar-refractivity contribution in [2.75, 3.05) is 7.11 Å². The van der Waals surface area contributed by atoms with Crippen molar-refractivity contribution < 1.29 is 9.84 Å². The van der Waals surface area contributed by atoms with Gasteiger partial charge in [0.25, 0.3) is 0 Å². The molecular formula is C11H14ClNO2. The van der Waals surface area contributed by atoms with Crippen molar-refractivity contribution in [1.82, 2.24) is 0 Å². The number of hydrogen-bond donors (Lipinski definition) is 2. The molecule has 0 unspecified atom stereocenters. The van der Waals surface area contributed by atoms with Gasteiger partial charge in [0.1, 0.15) is 0 Å². The summed E-state index contributed by atoms with van der Waals surface area (Å²) >= 11 is 5.87. The molecule has 1 aromatic carbocycles. The molecule has 1 aliphatic rings. The lowest BCUT2D eigenvalue weighted by Gasteiger charge is -2.13. The Morgan fingerprint density at radius 3 is 2.73 bits per heavy atom. The van der Waals surface area contributed by atoms with Crippen molar-refractivity contribution in [3.8, 4) is 11.5 Å². The Kier molecular flexibility index (Phi) is 2.52. The minimum atomic E-state index is -0.129. The molecule has 0 heterocycles. The van der Waals surface area contributed by atoms with Crippen LogP contribution in [-0.4, -0.2) is 17.8 Å². The summed E-state index contributed by atoms with van der Waals surface area (Å²) in [5, 5.41) is 10.3. The Morgan fingerprint density at radius 2 is 2.20 bits per heavy atom. The van der Waals surface area contributed by atoms with Gasteiger partial charge in [-0.2, -0.15) is 0 Å². The lowest BCUT2D eigenvalue weighted by atomic mass is 10.0. The summed E-state index contributed by atoms with van der Waals surface area (Å²) in [4.78, 5) is 0. The molecule has 4 heteroatoms. The fourth-order valence-electron chi connectivity index (χ4n) is 1.64. The molecule has 0 aliphatic heterocycles. The van der Waals surface area contributed by atoms with E-state index < -0.39 is 0 Å². The first-order valence-electron chi connectivity index (χ1n) is 4.89. The van der Waals surface area contributed by atoms with Crippen LogP contribution < -0.4 is 10.5 Å². The molecule has 0 spiro atoms. The summed E-state index contributed by atoms with van der Waals surface area (Å²) in [7, 11) is 1.49. The highest BCUT2D eigenvalue weighted by atomic mass is 35.5. The van der Waals surface area contributed by atoms with Crippen molar-refractivity contribution in [3.05, 3.63) is 22.7 Å². The van der Waals surface area contributed by atoms with Crippen molar-refractivity contribution in [3.63, 3.8) is 0 Å². The quantitative estimate of drug-likeness (QED) is 0.832. The number of benzene rings is 1. The Labute approximate surface area is 93.8 Å². The molecule has 0 bridgehead atoms. The molecular weight excluding hydrogens is 214 g/mol. The molecule has 0 saturated heterocycles. The van der Waals surface area contributed by atoms with E-state index >= 15 is 0 Å². The molecule has 0 aromatic heterocycles. The van der Waals surface area contributed by atoms with Gasteiger partial charge in [0.15, 0.2) is 11.5 Å². The number of phenols is 1. The maximum absolute atomic E-state index is 9.90. The van der Waals surface area contributed by atoms with Crippen molar-refractivity contribution in [1.29, 1.82) is 0 Å². The van der Waals surface area contributed by atoms with Crippen LogP contribution in [0, 0.1) is 0 Å². The zero-order valence-corrected chi connectivity index (χ0v) is 9.34. The highest BCUT2D eigenvalue weighted by Crippen LogP contribution is 2.42. The van der Waals surface area contributed by atoms with Crippen molar-refractivity contribution >= 4 is 11.6 Å². The second kappa shape index (κ2) is 3.58. The van der Waals surface area contributed by atoms with E-state index in [2.05, 4.69) is 0 Å². The van der Waals surface area contributed by atoms with Gasteiger partial charge in [0.2, 0.25) is 0 Å². The van der Waals surface area contributed by atoms with E-state index in [-0.39, 0.29) is 11.3 Å². The van der Waals surface area contributed by atoms with E-state index in [9.17, 15) is 5.11 Å². The third kappa shape index (κ3) is 2.03. The number of nitrogens with two attached hydrogens (primary N) is 1. The van der Waals surface area contributed by atoms with Crippen LogP contribution in [0.3, 0.4) is 0 Å². The number of hydrogen-bond acceptors (Lipinski definition) is 3. The topological polar surface area (TPSA) is 55.5 Å². The Bertz CT molecular complexity index is 388. The first kappa shape index (κ1) is 10.6. The van der Waals surface area contributed by atoms with Crippen molar-refractivity contribution in [2.45, 2.75) is 24.8 Å². The molecule has 1 aliphatic carbocycles. The van der Waals surface area contributed by atoms with Gasteiger partial charge in [-0.15, -0.1) is 0 Å². The lowest BCUT2D eigenvalue weighted by Crippen LogP contribution is -2.24. The molecule has 1 saturated carbocycles. The van der Waals surface area contributed by atoms with Gasteiger partial charge in [0.05, 0.1) is 12.1 Å². The van der Waals surface area contributed by atoms with Gasteiger partial charge in [-0.05, 0) is 30.9 Å². The fourth-order valence-corrected chi connectivity index (χ4v) is 1.87. The average Bonchev–Trinajstić information content (AvgIpc) is 2.90. The van der Waals surface area contributed by atoms with Crippen LogP contribution in [0.5, 0.6) is 11.5 Å². The molecule has 0 atom stereocenters.